The predicted octanol–water partition coefficient (Wildman–Crippen LogP) is 5.22. The third-order valence-corrected chi connectivity index (χ3v) is 5.14. The van der Waals surface area contributed by atoms with Gasteiger partial charge < -0.3 is 10.2 Å². The van der Waals surface area contributed by atoms with Crippen LogP contribution in [0.4, 0.5) is 0 Å². The highest BCUT2D eigenvalue weighted by molar-refractivity contribution is 5.45. The normalized spacial score (nSPS) is 19.7. The van der Waals surface area contributed by atoms with Crippen molar-refractivity contribution in [2.24, 2.45) is 7.05 Å². The largest absolute Gasteiger partial charge is 0.494 e. The minimum absolute atomic E-state index is 0.272. The molecule has 0 aromatic carbocycles. The standard InChI is InChI=1S/C19H33NO2/c1-20-18(21)16-14-12-10-8-6-4-2-3-5-7-9-11-13-15-17(16)19(20)22/h21-22H,2-15H2,1H3. The second-order valence-corrected chi connectivity index (χ2v) is 6.91. The summed E-state index contributed by atoms with van der Waals surface area (Å²) in [7, 11) is 1.75. The maximum absolute atomic E-state index is 10.3. The van der Waals surface area contributed by atoms with Crippen LogP contribution in [-0.2, 0) is 19.9 Å². The van der Waals surface area contributed by atoms with E-state index in [2.05, 4.69) is 0 Å². The van der Waals surface area contributed by atoms with Crippen LogP contribution in [0.15, 0.2) is 0 Å². The van der Waals surface area contributed by atoms with Crippen LogP contribution in [0.5, 0.6) is 11.8 Å². The van der Waals surface area contributed by atoms with E-state index in [0.29, 0.717) is 0 Å². The molecule has 22 heavy (non-hydrogen) atoms. The third kappa shape index (κ3) is 4.69. The van der Waals surface area contributed by atoms with Crippen molar-refractivity contribution < 1.29 is 10.2 Å². The van der Waals surface area contributed by atoms with Crippen molar-refractivity contribution in [3.05, 3.63) is 11.1 Å². The Morgan fingerprint density at radius 1 is 0.545 bits per heavy atom. The first-order valence-corrected chi connectivity index (χ1v) is 9.30. The van der Waals surface area contributed by atoms with Gasteiger partial charge in [0.1, 0.15) is 0 Å². The first-order valence-electron chi connectivity index (χ1n) is 9.30. The van der Waals surface area contributed by atoms with Gasteiger partial charge in [0.15, 0.2) is 11.8 Å². The highest BCUT2D eigenvalue weighted by atomic mass is 16.3. The van der Waals surface area contributed by atoms with Crippen LogP contribution in [0.25, 0.3) is 0 Å². The molecule has 3 heteroatoms. The number of nitrogens with zero attached hydrogens (tertiary/aromatic N) is 1. The fourth-order valence-electron chi connectivity index (χ4n) is 3.67. The van der Waals surface area contributed by atoms with Crippen molar-refractivity contribution in [3.63, 3.8) is 0 Å². The average molecular weight is 307 g/mol. The fraction of sp³-hybridized carbons (Fsp3) is 0.789. The summed E-state index contributed by atoms with van der Waals surface area (Å²) in [6, 6.07) is 0. The summed E-state index contributed by atoms with van der Waals surface area (Å²) in [4.78, 5) is 0. The zero-order valence-corrected chi connectivity index (χ0v) is 14.2. The summed E-state index contributed by atoms with van der Waals surface area (Å²) in [6.45, 7) is 0. The lowest BCUT2D eigenvalue weighted by Crippen LogP contribution is -1.93. The minimum Gasteiger partial charge on any atom is -0.494 e. The smallest absolute Gasteiger partial charge is 0.197 e. The number of hydrogen-bond acceptors (Lipinski definition) is 2. The van der Waals surface area contributed by atoms with Gasteiger partial charge in [0, 0.05) is 18.2 Å². The van der Waals surface area contributed by atoms with Crippen molar-refractivity contribution in [1.82, 2.24) is 4.57 Å². The van der Waals surface area contributed by atoms with Crippen molar-refractivity contribution in [3.8, 4) is 11.8 Å². The zero-order chi connectivity index (χ0) is 15.8. The number of fused-ring (bicyclic) bond motifs is 1. The first-order chi connectivity index (χ1) is 10.7. The predicted molar refractivity (Wildman–Crippen MR) is 91.6 cm³/mol. The van der Waals surface area contributed by atoms with Crippen LogP contribution in [0.3, 0.4) is 0 Å². The topological polar surface area (TPSA) is 45.4 Å². The summed E-state index contributed by atoms with van der Waals surface area (Å²) in [5, 5.41) is 20.5. The molecule has 0 aliphatic heterocycles. The Morgan fingerprint density at radius 2 is 0.818 bits per heavy atom. The molecule has 1 aromatic rings. The molecule has 3 nitrogen and oxygen atoms in total. The Bertz CT molecular complexity index is 411. The second kappa shape index (κ2) is 9.12. The molecule has 2 N–H and O–H groups in total. The number of hydrogen-bond donors (Lipinski definition) is 2. The quantitative estimate of drug-likeness (QED) is 0.690. The van der Waals surface area contributed by atoms with Gasteiger partial charge in [-0.3, -0.25) is 4.57 Å². The zero-order valence-electron chi connectivity index (χ0n) is 14.2. The van der Waals surface area contributed by atoms with E-state index in [1.54, 1.807) is 11.6 Å². The Hall–Kier alpha value is -1.12. The highest BCUT2D eigenvalue weighted by Crippen LogP contribution is 2.35. The maximum atomic E-state index is 10.3. The van der Waals surface area contributed by atoms with E-state index in [1.165, 1.54) is 64.2 Å². The molecule has 0 unspecified atom stereocenters. The summed E-state index contributed by atoms with van der Waals surface area (Å²) in [5.74, 6) is 0.544. The SMILES string of the molecule is Cn1c(O)c2c(c1O)CCCCCCCCCCCCCC2. The molecule has 1 aliphatic rings. The second-order valence-electron chi connectivity index (χ2n) is 6.91. The summed E-state index contributed by atoms with van der Waals surface area (Å²) >= 11 is 0. The Kier molecular flexibility index (Phi) is 7.14. The molecule has 1 aliphatic carbocycles. The molecule has 0 saturated heterocycles. The van der Waals surface area contributed by atoms with Gasteiger partial charge in [-0.25, -0.2) is 0 Å². The summed E-state index contributed by atoms with van der Waals surface area (Å²) in [5.41, 5.74) is 1.99. The fourth-order valence-corrected chi connectivity index (χ4v) is 3.67. The molecule has 126 valence electrons. The van der Waals surface area contributed by atoms with E-state index in [4.69, 9.17) is 0 Å². The maximum Gasteiger partial charge on any atom is 0.197 e. The van der Waals surface area contributed by atoms with Gasteiger partial charge >= 0.3 is 0 Å². The van der Waals surface area contributed by atoms with E-state index in [0.717, 1.165) is 36.8 Å². The highest BCUT2D eigenvalue weighted by Gasteiger charge is 2.19. The van der Waals surface area contributed by atoms with E-state index < -0.39 is 0 Å². The summed E-state index contributed by atoms with van der Waals surface area (Å²) < 4.78 is 1.54. The van der Waals surface area contributed by atoms with Crippen molar-refractivity contribution in [1.29, 1.82) is 0 Å². The van der Waals surface area contributed by atoms with E-state index in [-0.39, 0.29) is 11.8 Å². The van der Waals surface area contributed by atoms with Gasteiger partial charge in [0.2, 0.25) is 0 Å². The van der Waals surface area contributed by atoms with E-state index in [1.807, 2.05) is 0 Å². The third-order valence-electron chi connectivity index (χ3n) is 5.14. The van der Waals surface area contributed by atoms with Crippen LogP contribution < -0.4 is 0 Å². The molecule has 0 fully saturated rings. The number of rotatable bonds is 0. The van der Waals surface area contributed by atoms with Gasteiger partial charge in [-0.1, -0.05) is 64.2 Å². The average Bonchev–Trinajstić information content (AvgIpc) is 2.71. The minimum atomic E-state index is 0.272. The van der Waals surface area contributed by atoms with Gasteiger partial charge in [-0.05, 0) is 25.7 Å². The van der Waals surface area contributed by atoms with E-state index in [9.17, 15) is 10.2 Å². The Labute approximate surface area is 135 Å². The molecular formula is C19H33NO2. The van der Waals surface area contributed by atoms with E-state index >= 15 is 0 Å². The molecule has 0 atom stereocenters. The molecule has 0 spiro atoms. The molecule has 0 amide bonds. The molecule has 2 rings (SSSR count). The molecule has 1 heterocycles. The van der Waals surface area contributed by atoms with Gasteiger partial charge in [-0.2, -0.15) is 0 Å². The Balaban J connectivity index is 2.00. The lowest BCUT2D eigenvalue weighted by atomic mass is 9.98. The van der Waals surface area contributed by atoms with Crippen LogP contribution in [0.1, 0.15) is 88.2 Å². The molecular weight excluding hydrogens is 274 g/mol. The van der Waals surface area contributed by atoms with Crippen LogP contribution in [-0.4, -0.2) is 14.8 Å². The Morgan fingerprint density at radius 3 is 1.14 bits per heavy atom. The number of aromatic hydroxyl groups is 2. The van der Waals surface area contributed by atoms with Crippen molar-refractivity contribution in [2.45, 2.75) is 89.9 Å². The van der Waals surface area contributed by atoms with Crippen LogP contribution in [0, 0.1) is 0 Å². The molecule has 0 bridgehead atoms. The monoisotopic (exact) mass is 307 g/mol. The van der Waals surface area contributed by atoms with Crippen molar-refractivity contribution in [2.75, 3.05) is 0 Å². The molecule has 1 aromatic heterocycles. The van der Waals surface area contributed by atoms with Crippen LogP contribution >= 0.6 is 0 Å². The van der Waals surface area contributed by atoms with Gasteiger partial charge in [0.05, 0.1) is 0 Å². The first kappa shape index (κ1) is 17.2. The van der Waals surface area contributed by atoms with Gasteiger partial charge in [0.25, 0.3) is 0 Å². The van der Waals surface area contributed by atoms with Crippen molar-refractivity contribution >= 4 is 0 Å². The summed E-state index contributed by atoms with van der Waals surface area (Å²) in [6.07, 6.45) is 17.3. The molecule has 0 saturated carbocycles. The lowest BCUT2D eigenvalue weighted by molar-refractivity contribution is 0.383. The number of aromatic nitrogens is 1. The molecule has 0 radical (unpaired) electrons. The lowest BCUT2D eigenvalue weighted by Gasteiger charge is -2.07. The van der Waals surface area contributed by atoms with Gasteiger partial charge in [-0.15, -0.1) is 0 Å². The van der Waals surface area contributed by atoms with Crippen LogP contribution in [0.2, 0.25) is 0 Å².